The summed E-state index contributed by atoms with van der Waals surface area (Å²) < 4.78 is 17.4. The summed E-state index contributed by atoms with van der Waals surface area (Å²) in [4.78, 5) is 4.16. The number of benzene rings is 1. The highest BCUT2D eigenvalue weighted by Gasteiger charge is 2.12. The lowest BCUT2D eigenvalue weighted by atomic mass is 10.3. The zero-order valence-corrected chi connectivity index (χ0v) is 11.7. The second-order valence-corrected chi connectivity index (χ2v) is 5.15. The lowest BCUT2D eigenvalue weighted by Gasteiger charge is -2.04. The van der Waals surface area contributed by atoms with Crippen LogP contribution in [0.5, 0.6) is 0 Å². The minimum atomic E-state index is -0.352. The fraction of sp³-hybridized carbons (Fsp3) is 0.167. The molecule has 1 aromatic carbocycles. The van der Waals surface area contributed by atoms with Gasteiger partial charge in [0.15, 0.2) is 0 Å². The van der Waals surface area contributed by atoms with Crippen LogP contribution >= 0.6 is 15.9 Å². The Morgan fingerprint density at radius 2 is 2.21 bits per heavy atom. The maximum atomic E-state index is 13.5. The van der Waals surface area contributed by atoms with Crippen LogP contribution in [-0.4, -0.2) is 19.3 Å². The molecule has 2 heterocycles. The van der Waals surface area contributed by atoms with E-state index in [-0.39, 0.29) is 5.82 Å². The summed E-state index contributed by atoms with van der Waals surface area (Å²) in [6.45, 7) is 0.501. The SMILES string of the molecule is Cn1ccc(Cn2c(N)nc3cc(F)c(Br)cc32)n1. The third-order valence-corrected chi connectivity index (χ3v) is 3.52. The Kier molecular flexibility index (Phi) is 2.78. The second-order valence-electron chi connectivity index (χ2n) is 4.29. The summed E-state index contributed by atoms with van der Waals surface area (Å²) >= 11 is 3.17. The van der Waals surface area contributed by atoms with Gasteiger partial charge in [0, 0.05) is 19.3 Å². The molecular formula is C12H11BrFN5. The zero-order valence-electron chi connectivity index (χ0n) is 10.1. The smallest absolute Gasteiger partial charge is 0.201 e. The van der Waals surface area contributed by atoms with Crippen LogP contribution in [0.3, 0.4) is 0 Å². The van der Waals surface area contributed by atoms with Crippen molar-refractivity contribution >= 4 is 32.9 Å². The molecule has 0 aliphatic rings. The van der Waals surface area contributed by atoms with Gasteiger partial charge in [-0.1, -0.05) is 0 Å². The van der Waals surface area contributed by atoms with E-state index in [0.29, 0.717) is 22.5 Å². The molecule has 2 aromatic heterocycles. The predicted molar refractivity (Wildman–Crippen MR) is 74.1 cm³/mol. The fourth-order valence-electron chi connectivity index (χ4n) is 2.01. The van der Waals surface area contributed by atoms with E-state index in [1.54, 1.807) is 10.7 Å². The molecule has 3 aromatic rings. The molecule has 0 saturated carbocycles. The van der Waals surface area contributed by atoms with Crippen LogP contribution in [0.4, 0.5) is 10.3 Å². The zero-order chi connectivity index (χ0) is 13.6. The van der Waals surface area contributed by atoms with Crippen LogP contribution in [0.15, 0.2) is 28.9 Å². The highest BCUT2D eigenvalue weighted by Crippen LogP contribution is 2.25. The van der Waals surface area contributed by atoms with Crippen molar-refractivity contribution in [2.45, 2.75) is 6.54 Å². The van der Waals surface area contributed by atoms with Crippen LogP contribution < -0.4 is 5.73 Å². The molecule has 7 heteroatoms. The summed E-state index contributed by atoms with van der Waals surface area (Å²) in [5, 5.41) is 4.30. The van der Waals surface area contributed by atoms with E-state index in [0.717, 1.165) is 11.2 Å². The first kappa shape index (κ1) is 12.2. The van der Waals surface area contributed by atoms with E-state index in [2.05, 4.69) is 26.0 Å². The molecule has 98 valence electrons. The summed E-state index contributed by atoms with van der Waals surface area (Å²) in [5.74, 6) is -0.00635. The van der Waals surface area contributed by atoms with Crippen LogP contribution in [0.25, 0.3) is 11.0 Å². The Labute approximate surface area is 117 Å². The molecule has 0 saturated heterocycles. The lowest BCUT2D eigenvalue weighted by molar-refractivity contribution is 0.622. The minimum absolute atomic E-state index is 0.346. The van der Waals surface area contributed by atoms with Crippen molar-refractivity contribution in [3.63, 3.8) is 0 Å². The number of aromatic nitrogens is 4. The summed E-state index contributed by atoms with van der Waals surface area (Å²) in [5.41, 5.74) is 8.07. The maximum Gasteiger partial charge on any atom is 0.201 e. The van der Waals surface area contributed by atoms with Crippen LogP contribution in [0.2, 0.25) is 0 Å². The van der Waals surface area contributed by atoms with Crippen LogP contribution in [0.1, 0.15) is 5.69 Å². The highest BCUT2D eigenvalue weighted by molar-refractivity contribution is 9.10. The number of nitrogen functional groups attached to an aromatic ring is 1. The number of fused-ring (bicyclic) bond motifs is 1. The first-order valence-electron chi connectivity index (χ1n) is 5.64. The van der Waals surface area contributed by atoms with E-state index < -0.39 is 0 Å². The topological polar surface area (TPSA) is 61.7 Å². The molecule has 0 bridgehead atoms. The van der Waals surface area contributed by atoms with Crippen molar-refractivity contribution in [1.29, 1.82) is 0 Å². The first-order valence-corrected chi connectivity index (χ1v) is 6.43. The Morgan fingerprint density at radius 1 is 1.42 bits per heavy atom. The number of imidazole rings is 1. The Hall–Kier alpha value is -1.89. The molecule has 0 amide bonds. The molecule has 0 radical (unpaired) electrons. The summed E-state index contributed by atoms with van der Waals surface area (Å²) in [6, 6.07) is 4.95. The van der Waals surface area contributed by atoms with Gasteiger partial charge in [-0.15, -0.1) is 0 Å². The molecule has 0 fully saturated rings. The third kappa shape index (κ3) is 2.10. The standard InChI is InChI=1S/C12H11BrFN5/c1-18-3-2-7(17-18)6-19-11-4-8(13)9(14)5-10(11)16-12(19)15/h2-5H,6H2,1H3,(H2,15,16). The van der Waals surface area contributed by atoms with Gasteiger partial charge < -0.3 is 10.3 Å². The number of hydrogen-bond acceptors (Lipinski definition) is 3. The normalized spacial score (nSPS) is 11.3. The van der Waals surface area contributed by atoms with Gasteiger partial charge in [0.2, 0.25) is 5.95 Å². The Morgan fingerprint density at radius 3 is 2.89 bits per heavy atom. The van der Waals surface area contributed by atoms with Gasteiger partial charge in [0.1, 0.15) is 5.82 Å². The van der Waals surface area contributed by atoms with Gasteiger partial charge in [-0.05, 0) is 28.1 Å². The van der Waals surface area contributed by atoms with Gasteiger partial charge >= 0.3 is 0 Å². The number of anilines is 1. The second kappa shape index (κ2) is 4.34. The first-order chi connectivity index (χ1) is 9.04. The number of nitrogens with zero attached hydrogens (tertiary/aromatic N) is 4. The van der Waals surface area contributed by atoms with Gasteiger partial charge in [0.25, 0.3) is 0 Å². The van der Waals surface area contributed by atoms with Crippen molar-refractivity contribution < 1.29 is 4.39 Å². The van der Waals surface area contributed by atoms with Crippen molar-refractivity contribution in [1.82, 2.24) is 19.3 Å². The average molecular weight is 324 g/mol. The number of halogens is 2. The predicted octanol–water partition coefficient (Wildman–Crippen LogP) is 2.30. The molecule has 0 aliphatic heterocycles. The van der Waals surface area contributed by atoms with Gasteiger partial charge in [0.05, 0.1) is 27.7 Å². The molecule has 3 rings (SSSR count). The number of rotatable bonds is 2. The van der Waals surface area contributed by atoms with E-state index in [1.165, 1.54) is 6.07 Å². The number of nitrogens with two attached hydrogens (primary N) is 1. The van der Waals surface area contributed by atoms with E-state index >= 15 is 0 Å². The minimum Gasteiger partial charge on any atom is -0.369 e. The average Bonchev–Trinajstić information content (AvgIpc) is 2.87. The Balaban J connectivity index is 2.12. The molecule has 0 unspecified atom stereocenters. The van der Waals surface area contributed by atoms with Gasteiger partial charge in [-0.2, -0.15) is 5.10 Å². The van der Waals surface area contributed by atoms with Gasteiger partial charge in [-0.25, -0.2) is 9.37 Å². The number of hydrogen-bond donors (Lipinski definition) is 1. The van der Waals surface area contributed by atoms with Crippen molar-refractivity contribution in [3.8, 4) is 0 Å². The molecule has 0 atom stereocenters. The van der Waals surface area contributed by atoms with E-state index in [4.69, 9.17) is 5.73 Å². The molecule has 2 N–H and O–H groups in total. The van der Waals surface area contributed by atoms with E-state index in [1.807, 2.05) is 23.9 Å². The molecule has 19 heavy (non-hydrogen) atoms. The van der Waals surface area contributed by atoms with Crippen molar-refractivity contribution in [2.24, 2.45) is 7.05 Å². The van der Waals surface area contributed by atoms with E-state index in [9.17, 15) is 4.39 Å². The maximum absolute atomic E-state index is 13.5. The lowest BCUT2D eigenvalue weighted by Crippen LogP contribution is -2.05. The molecule has 5 nitrogen and oxygen atoms in total. The summed E-state index contributed by atoms with van der Waals surface area (Å²) in [7, 11) is 1.85. The molecule has 0 spiro atoms. The number of aryl methyl sites for hydroxylation is 1. The third-order valence-electron chi connectivity index (χ3n) is 2.91. The quantitative estimate of drug-likeness (QED) is 0.787. The largest absolute Gasteiger partial charge is 0.369 e. The van der Waals surface area contributed by atoms with Crippen molar-refractivity contribution in [2.75, 3.05) is 5.73 Å². The molecule has 0 aliphatic carbocycles. The Bertz CT molecular complexity index is 761. The highest BCUT2D eigenvalue weighted by atomic mass is 79.9. The molecular weight excluding hydrogens is 313 g/mol. The summed E-state index contributed by atoms with van der Waals surface area (Å²) in [6.07, 6.45) is 1.86. The van der Waals surface area contributed by atoms with Crippen LogP contribution in [0, 0.1) is 5.82 Å². The fourth-order valence-corrected chi connectivity index (χ4v) is 2.35. The monoisotopic (exact) mass is 323 g/mol. The van der Waals surface area contributed by atoms with Crippen molar-refractivity contribution in [3.05, 3.63) is 40.4 Å². The van der Waals surface area contributed by atoms with Gasteiger partial charge in [-0.3, -0.25) is 4.68 Å². The van der Waals surface area contributed by atoms with Crippen LogP contribution in [-0.2, 0) is 13.6 Å².